The first-order valence-electron chi connectivity index (χ1n) is 8.55. The van der Waals surface area contributed by atoms with E-state index in [0.717, 1.165) is 51.5 Å². The van der Waals surface area contributed by atoms with Crippen LogP contribution in [0.3, 0.4) is 0 Å². The molecule has 2 aromatic rings. The lowest BCUT2D eigenvalue weighted by molar-refractivity contribution is 0.0374. The number of hydrogen-bond donors (Lipinski definition) is 3. The Morgan fingerprint density at radius 1 is 1.31 bits per heavy atom. The summed E-state index contributed by atoms with van der Waals surface area (Å²) in [4.78, 5) is 26.5. The lowest BCUT2D eigenvalue weighted by atomic mass is 10.3. The maximum Gasteiger partial charge on any atom is 0.260 e. The van der Waals surface area contributed by atoms with E-state index >= 15 is 0 Å². The second kappa shape index (κ2) is 9.53. The molecule has 2 aromatic heterocycles. The van der Waals surface area contributed by atoms with Crippen molar-refractivity contribution in [2.75, 3.05) is 44.7 Å². The zero-order valence-corrected chi connectivity index (χ0v) is 15.3. The normalized spacial score (nSPS) is 15.1. The van der Waals surface area contributed by atoms with Crippen molar-refractivity contribution < 1.29 is 9.53 Å². The van der Waals surface area contributed by atoms with Gasteiger partial charge >= 0.3 is 0 Å². The van der Waals surface area contributed by atoms with E-state index in [2.05, 4.69) is 30.5 Å². The highest BCUT2D eigenvalue weighted by Gasteiger charge is 2.09. The van der Waals surface area contributed by atoms with Crippen molar-refractivity contribution >= 4 is 28.2 Å². The summed E-state index contributed by atoms with van der Waals surface area (Å²) in [6, 6.07) is 1.86. The standard InChI is InChI=1S/C16H23N7O2S/c17-15(24)13-10-19-16(26-13)22-14-8-12(20-11-21-14)9-18-2-1-3-23-4-6-25-7-5-23/h8,10-11,18H,1-7,9H2,(H2,17,24)(H,19,20,21,22). The number of primary amides is 1. The van der Waals surface area contributed by atoms with Gasteiger partial charge in [-0.3, -0.25) is 9.69 Å². The number of aromatic nitrogens is 3. The third-order valence-corrected chi connectivity index (χ3v) is 4.87. The van der Waals surface area contributed by atoms with E-state index in [1.165, 1.54) is 23.9 Å². The van der Waals surface area contributed by atoms with Crippen LogP contribution >= 0.6 is 11.3 Å². The summed E-state index contributed by atoms with van der Waals surface area (Å²) in [5.41, 5.74) is 6.12. The largest absolute Gasteiger partial charge is 0.379 e. The van der Waals surface area contributed by atoms with Gasteiger partial charge in [0.15, 0.2) is 5.13 Å². The summed E-state index contributed by atoms with van der Waals surface area (Å²) in [5.74, 6) is 0.149. The van der Waals surface area contributed by atoms with Crippen LogP contribution in [0.15, 0.2) is 18.6 Å². The Hall–Kier alpha value is -2.14. The van der Waals surface area contributed by atoms with E-state index < -0.39 is 5.91 Å². The van der Waals surface area contributed by atoms with Gasteiger partial charge in [0.25, 0.3) is 5.91 Å². The Morgan fingerprint density at radius 2 is 2.15 bits per heavy atom. The first-order chi connectivity index (χ1) is 12.7. The molecule has 1 aliphatic rings. The molecule has 3 rings (SSSR count). The molecule has 1 amide bonds. The van der Waals surface area contributed by atoms with Crippen molar-refractivity contribution in [1.82, 2.24) is 25.2 Å². The fourth-order valence-corrected chi connectivity index (χ4v) is 3.26. The summed E-state index contributed by atoms with van der Waals surface area (Å²) < 4.78 is 5.35. The number of amides is 1. The van der Waals surface area contributed by atoms with Crippen molar-refractivity contribution in [2.24, 2.45) is 5.73 Å². The zero-order valence-electron chi connectivity index (χ0n) is 14.5. The Bertz CT molecular complexity index is 718. The van der Waals surface area contributed by atoms with Crippen LogP contribution in [0.25, 0.3) is 0 Å². The highest BCUT2D eigenvalue weighted by Crippen LogP contribution is 2.21. The van der Waals surface area contributed by atoms with Crippen LogP contribution in [-0.4, -0.2) is 65.2 Å². The van der Waals surface area contributed by atoms with Gasteiger partial charge in [0, 0.05) is 25.7 Å². The van der Waals surface area contributed by atoms with Gasteiger partial charge in [0.05, 0.1) is 25.1 Å². The molecule has 0 unspecified atom stereocenters. The van der Waals surface area contributed by atoms with Crippen molar-refractivity contribution in [3.63, 3.8) is 0 Å². The molecule has 0 saturated carbocycles. The molecule has 0 aliphatic carbocycles. The molecule has 26 heavy (non-hydrogen) atoms. The molecule has 0 aromatic carbocycles. The van der Waals surface area contributed by atoms with Gasteiger partial charge in [-0.1, -0.05) is 11.3 Å². The van der Waals surface area contributed by atoms with Crippen LogP contribution < -0.4 is 16.4 Å². The minimum Gasteiger partial charge on any atom is -0.379 e. The van der Waals surface area contributed by atoms with Crippen molar-refractivity contribution in [2.45, 2.75) is 13.0 Å². The van der Waals surface area contributed by atoms with Crippen molar-refractivity contribution in [1.29, 1.82) is 0 Å². The first-order valence-corrected chi connectivity index (χ1v) is 9.37. The van der Waals surface area contributed by atoms with Gasteiger partial charge < -0.3 is 21.1 Å². The molecule has 0 atom stereocenters. The number of hydrogen-bond acceptors (Lipinski definition) is 9. The smallest absolute Gasteiger partial charge is 0.260 e. The number of anilines is 2. The fraction of sp³-hybridized carbons (Fsp3) is 0.500. The monoisotopic (exact) mass is 377 g/mol. The molecule has 1 saturated heterocycles. The molecule has 140 valence electrons. The predicted molar refractivity (Wildman–Crippen MR) is 99.5 cm³/mol. The van der Waals surface area contributed by atoms with Crippen molar-refractivity contribution in [3.05, 3.63) is 29.2 Å². The topological polar surface area (TPSA) is 118 Å². The van der Waals surface area contributed by atoms with Crippen LogP contribution in [0.5, 0.6) is 0 Å². The molecular formula is C16H23N7O2S. The molecule has 0 radical (unpaired) electrons. The molecule has 1 fully saturated rings. The number of thiazole rings is 1. The summed E-state index contributed by atoms with van der Waals surface area (Å²) in [6.45, 7) is 6.40. The molecule has 10 heteroatoms. The first kappa shape index (κ1) is 18.6. The number of ether oxygens (including phenoxy) is 1. The van der Waals surface area contributed by atoms with E-state index in [9.17, 15) is 4.79 Å². The average Bonchev–Trinajstić information content (AvgIpc) is 3.11. The number of nitrogens with two attached hydrogens (primary N) is 1. The van der Waals surface area contributed by atoms with Crippen LogP contribution in [-0.2, 0) is 11.3 Å². The van der Waals surface area contributed by atoms with Crippen LogP contribution in [0, 0.1) is 0 Å². The molecule has 0 bridgehead atoms. The molecule has 3 heterocycles. The minimum atomic E-state index is -0.486. The maximum absolute atomic E-state index is 11.1. The summed E-state index contributed by atoms with van der Waals surface area (Å²) in [6.07, 6.45) is 4.05. The average molecular weight is 377 g/mol. The number of nitrogens with zero attached hydrogens (tertiary/aromatic N) is 4. The number of nitrogens with one attached hydrogen (secondary N) is 2. The third-order valence-electron chi connectivity index (χ3n) is 3.94. The number of carbonyl (C=O) groups excluding carboxylic acids is 1. The Labute approximate surface area is 156 Å². The number of morpholine rings is 1. The van der Waals surface area contributed by atoms with Gasteiger partial charge in [-0.15, -0.1) is 0 Å². The molecule has 4 N–H and O–H groups in total. The summed E-state index contributed by atoms with van der Waals surface area (Å²) in [5, 5.41) is 7.04. The zero-order chi connectivity index (χ0) is 18.2. The summed E-state index contributed by atoms with van der Waals surface area (Å²) >= 11 is 1.19. The van der Waals surface area contributed by atoms with Gasteiger partial charge in [0.2, 0.25) is 0 Å². The van der Waals surface area contributed by atoms with E-state index in [0.29, 0.717) is 22.4 Å². The van der Waals surface area contributed by atoms with Crippen molar-refractivity contribution in [3.8, 4) is 0 Å². The molecule has 9 nitrogen and oxygen atoms in total. The van der Waals surface area contributed by atoms with Gasteiger partial charge in [0.1, 0.15) is 17.0 Å². The number of rotatable bonds is 9. The fourth-order valence-electron chi connectivity index (χ4n) is 2.59. The quantitative estimate of drug-likeness (QED) is 0.543. The second-order valence-electron chi connectivity index (χ2n) is 5.90. The number of carbonyl (C=O) groups is 1. The Kier molecular flexibility index (Phi) is 6.83. The third kappa shape index (κ3) is 5.70. The molecular weight excluding hydrogens is 354 g/mol. The lowest BCUT2D eigenvalue weighted by Gasteiger charge is -2.26. The Balaban J connectivity index is 1.41. The summed E-state index contributed by atoms with van der Waals surface area (Å²) in [7, 11) is 0. The van der Waals surface area contributed by atoms with Gasteiger partial charge in [-0.2, -0.15) is 0 Å². The van der Waals surface area contributed by atoms with E-state index in [4.69, 9.17) is 10.5 Å². The van der Waals surface area contributed by atoms with Crippen LogP contribution in [0.1, 0.15) is 21.8 Å². The van der Waals surface area contributed by atoms with Gasteiger partial charge in [-0.25, -0.2) is 15.0 Å². The van der Waals surface area contributed by atoms with E-state index in [1.54, 1.807) is 0 Å². The highest BCUT2D eigenvalue weighted by atomic mass is 32.1. The predicted octanol–water partition coefficient (Wildman–Crippen LogP) is 0.587. The minimum absolute atomic E-state index is 0.406. The second-order valence-corrected chi connectivity index (χ2v) is 6.93. The molecule has 1 aliphatic heterocycles. The van der Waals surface area contributed by atoms with E-state index in [1.807, 2.05) is 6.07 Å². The van der Waals surface area contributed by atoms with Gasteiger partial charge in [-0.05, 0) is 19.5 Å². The SMILES string of the molecule is NC(=O)c1cnc(Nc2cc(CNCCCN3CCOCC3)ncn2)s1. The van der Waals surface area contributed by atoms with Crippen LogP contribution in [0.4, 0.5) is 10.9 Å². The van der Waals surface area contributed by atoms with Crippen LogP contribution in [0.2, 0.25) is 0 Å². The highest BCUT2D eigenvalue weighted by molar-refractivity contribution is 7.17. The lowest BCUT2D eigenvalue weighted by Crippen LogP contribution is -2.37. The maximum atomic E-state index is 11.1. The van der Waals surface area contributed by atoms with E-state index in [-0.39, 0.29) is 0 Å². The Morgan fingerprint density at radius 3 is 2.92 bits per heavy atom. The molecule has 0 spiro atoms.